The lowest BCUT2D eigenvalue weighted by Gasteiger charge is -2.24. The summed E-state index contributed by atoms with van der Waals surface area (Å²) in [6, 6.07) is 4.07. The quantitative estimate of drug-likeness (QED) is 0.816. The number of pyridine rings is 1. The van der Waals surface area contributed by atoms with Crippen molar-refractivity contribution in [2.45, 2.75) is 53.7 Å². The van der Waals surface area contributed by atoms with Gasteiger partial charge in [0, 0.05) is 11.9 Å². The van der Waals surface area contributed by atoms with Gasteiger partial charge < -0.3 is 14.4 Å². The van der Waals surface area contributed by atoms with Gasteiger partial charge in [-0.3, -0.25) is 4.79 Å². The summed E-state index contributed by atoms with van der Waals surface area (Å²) in [6.45, 7) is 8.68. The minimum absolute atomic E-state index is 0.151. The summed E-state index contributed by atoms with van der Waals surface area (Å²) in [7, 11) is 0. The zero-order valence-electron chi connectivity index (χ0n) is 14.9. The number of rotatable bonds is 6. The number of ether oxygens (including phenoxy) is 1. The topological polar surface area (TPSA) is 51.5 Å². The van der Waals surface area contributed by atoms with E-state index in [1.807, 2.05) is 20.8 Å². The summed E-state index contributed by atoms with van der Waals surface area (Å²) in [5.74, 6) is -0.0241. The van der Waals surface area contributed by atoms with Crippen LogP contribution >= 0.6 is 0 Å². The Morgan fingerprint density at radius 1 is 1.25 bits per heavy atom. The van der Waals surface area contributed by atoms with E-state index in [9.17, 15) is 14.3 Å². The van der Waals surface area contributed by atoms with Crippen LogP contribution < -0.4 is 10.3 Å². The summed E-state index contributed by atoms with van der Waals surface area (Å²) in [5, 5.41) is 10.7. The van der Waals surface area contributed by atoms with Gasteiger partial charge in [0.25, 0.3) is 5.56 Å². The molecular weight excluding hydrogens is 309 g/mol. The third-order valence-corrected chi connectivity index (χ3v) is 3.82. The minimum Gasteiger partial charge on any atom is -0.491 e. The Kier molecular flexibility index (Phi) is 5.65. The molecule has 0 saturated heterocycles. The van der Waals surface area contributed by atoms with Crippen molar-refractivity contribution in [3.63, 3.8) is 0 Å². The lowest BCUT2D eigenvalue weighted by molar-refractivity contribution is 0.237. The van der Waals surface area contributed by atoms with E-state index in [1.165, 1.54) is 18.2 Å². The first-order chi connectivity index (χ1) is 11.3. The summed E-state index contributed by atoms with van der Waals surface area (Å²) >= 11 is 0. The summed E-state index contributed by atoms with van der Waals surface area (Å²) in [6.07, 6.45) is 1.81. The van der Waals surface area contributed by atoms with Crippen molar-refractivity contribution in [1.29, 1.82) is 0 Å². The molecule has 0 amide bonds. The Morgan fingerprint density at radius 2 is 1.96 bits per heavy atom. The standard InChI is InChI=1S/C19H26FNO3/c1-5-6-9-24-17-15-10-13(20)7-8-14(15)18(23)21(16(17)11-22)12-19(2,3)4/h7-8,10,22H,5-6,9,11-12H2,1-4H3. The molecule has 0 spiro atoms. The molecule has 0 unspecified atom stereocenters. The maximum Gasteiger partial charge on any atom is 0.258 e. The van der Waals surface area contributed by atoms with Gasteiger partial charge in [-0.1, -0.05) is 34.1 Å². The lowest BCUT2D eigenvalue weighted by Crippen LogP contribution is -2.30. The highest BCUT2D eigenvalue weighted by Crippen LogP contribution is 2.30. The molecule has 0 radical (unpaired) electrons. The third kappa shape index (κ3) is 3.96. The number of hydrogen-bond donors (Lipinski definition) is 1. The molecule has 1 heterocycles. The molecule has 0 aliphatic carbocycles. The molecule has 5 heteroatoms. The molecule has 4 nitrogen and oxygen atoms in total. The van der Waals surface area contributed by atoms with Gasteiger partial charge in [0.05, 0.1) is 24.3 Å². The van der Waals surface area contributed by atoms with Crippen LogP contribution in [-0.4, -0.2) is 16.3 Å². The van der Waals surface area contributed by atoms with Gasteiger partial charge in [0.2, 0.25) is 0 Å². The van der Waals surface area contributed by atoms with Crippen LogP contribution in [0.2, 0.25) is 0 Å². The van der Waals surface area contributed by atoms with Gasteiger partial charge in [-0.15, -0.1) is 0 Å². The summed E-state index contributed by atoms with van der Waals surface area (Å²) in [5.41, 5.74) is 0.0261. The highest BCUT2D eigenvalue weighted by Gasteiger charge is 2.21. The van der Waals surface area contributed by atoms with E-state index in [4.69, 9.17) is 4.74 Å². The van der Waals surface area contributed by atoms with E-state index >= 15 is 0 Å². The highest BCUT2D eigenvalue weighted by molar-refractivity contribution is 5.88. The Hall–Kier alpha value is -1.88. The van der Waals surface area contributed by atoms with E-state index in [1.54, 1.807) is 4.57 Å². The molecular formula is C19H26FNO3. The third-order valence-electron chi connectivity index (χ3n) is 3.82. The molecule has 2 aromatic rings. The monoisotopic (exact) mass is 335 g/mol. The van der Waals surface area contributed by atoms with Gasteiger partial charge in [-0.2, -0.15) is 0 Å². The average Bonchev–Trinajstić information content (AvgIpc) is 2.50. The van der Waals surface area contributed by atoms with Crippen molar-refractivity contribution in [2.75, 3.05) is 6.61 Å². The molecule has 0 atom stereocenters. The van der Waals surface area contributed by atoms with Crippen molar-refractivity contribution >= 4 is 10.8 Å². The predicted octanol–water partition coefficient (Wildman–Crippen LogP) is 3.86. The smallest absolute Gasteiger partial charge is 0.258 e. The first-order valence-electron chi connectivity index (χ1n) is 8.37. The van der Waals surface area contributed by atoms with Crippen LogP contribution in [0.1, 0.15) is 46.2 Å². The van der Waals surface area contributed by atoms with E-state index in [0.717, 1.165) is 12.8 Å². The van der Waals surface area contributed by atoms with Gasteiger partial charge >= 0.3 is 0 Å². The Morgan fingerprint density at radius 3 is 2.54 bits per heavy atom. The Balaban J connectivity index is 2.74. The average molecular weight is 335 g/mol. The zero-order chi connectivity index (χ0) is 17.9. The summed E-state index contributed by atoms with van der Waals surface area (Å²) in [4.78, 5) is 12.9. The largest absolute Gasteiger partial charge is 0.491 e. The fourth-order valence-corrected chi connectivity index (χ4v) is 2.72. The van der Waals surface area contributed by atoms with Crippen molar-refractivity contribution in [3.8, 4) is 5.75 Å². The van der Waals surface area contributed by atoms with Crippen molar-refractivity contribution in [1.82, 2.24) is 4.57 Å². The number of halogens is 1. The molecule has 1 aromatic heterocycles. The highest BCUT2D eigenvalue weighted by atomic mass is 19.1. The second kappa shape index (κ2) is 7.34. The number of aliphatic hydroxyl groups excluding tert-OH is 1. The Labute approximate surface area is 141 Å². The van der Waals surface area contributed by atoms with Crippen molar-refractivity contribution in [3.05, 3.63) is 40.1 Å². The first kappa shape index (κ1) is 18.5. The second-order valence-electron chi connectivity index (χ2n) is 7.28. The molecule has 0 aliphatic rings. The Bertz CT molecular complexity index is 775. The van der Waals surface area contributed by atoms with E-state index in [-0.39, 0.29) is 17.6 Å². The summed E-state index contributed by atoms with van der Waals surface area (Å²) < 4.78 is 21.1. The molecule has 0 bridgehead atoms. The molecule has 24 heavy (non-hydrogen) atoms. The van der Waals surface area contributed by atoms with Crippen LogP contribution in [0.25, 0.3) is 10.8 Å². The molecule has 0 aliphatic heterocycles. The zero-order valence-corrected chi connectivity index (χ0v) is 14.9. The number of aliphatic hydroxyl groups is 1. The molecule has 2 rings (SSSR count). The molecule has 1 N–H and O–H groups in total. The van der Waals surface area contributed by atoms with Crippen LogP contribution in [0.3, 0.4) is 0 Å². The molecule has 0 fully saturated rings. The maximum absolute atomic E-state index is 13.7. The maximum atomic E-state index is 13.7. The lowest BCUT2D eigenvalue weighted by atomic mass is 9.96. The number of aromatic nitrogens is 1. The molecule has 1 aromatic carbocycles. The number of benzene rings is 1. The van der Waals surface area contributed by atoms with Gasteiger partial charge in [-0.25, -0.2) is 4.39 Å². The minimum atomic E-state index is -0.431. The van der Waals surface area contributed by atoms with E-state index in [2.05, 4.69) is 6.92 Å². The van der Waals surface area contributed by atoms with Crippen LogP contribution in [0.4, 0.5) is 4.39 Å². The van der Waals surface area contributed by atoms with Crippen molar-refractivity contribution in [2.24, 2.45) is 5.41 Å². The fourth-order valence-electron chi connectivity index (χ4n) is 2.72. The first-order valence-corrected chi connectivity index (χ1v) is 8.37. The molecule has 132 valence electrons. The van der Waals surface area contributed by atoms with E-state index in [0.29, 0.717) is 35.4 Å². The van der Waals surface area contributed by atoms with Gasteiger partial charge in [-0.05, 0) is 30.0 Å². The number of unbranched alkanes of at least 4 members (excludes halogenated alkanes) is 1. The van der Waals surface area contributed by atoms with Gasteiger partial charge in [0.1, 0.15) is 11.6 Å². The number of hydrogen-bond acceptors (Lipinski definition) is 3. The fraction of sp³-hybridized carbons (Fsp3) is 0.526. The van der Waals surface area contributed by atoms with Crippen LogP contribution in [0, 0.1) is 11.2 Å². The van der Waals surface area contributed by atoms with Gasteiger partial charge in [0.15, 0.2) is 0 Å². The van der Waals surface area contributed by atoms with E-state index < -0.39 is 5.82 Å². The van der Waals surface area contributed by atoms with Crippen LogP contribution in [0.15, 0.2) is 23.0 Å². The number of fused-ring (bicyclic) bond motifs is 1. The predicted molar refractivity (Wildman–Crippen MR) is 93.9 cm³/mol. The second-order valence-corrected chi connectivity index (χ2v) is 7.28. The molecule has 0 saturated carbocycles. The van der Waals surface area contributed by atoms with Crippen LogP contribution in [0.5, 0.6) is 5.75 Å². The van der Waals surface area contributed by atoms with Crippen LogP contribution in [-0.2, 0) is 13.2 Å². The normalized spacial score (nSPS) is 11.9. The SMILES string of the molecule is CCCCOc1c(CO)n(CC(C)(C)C)c(=O)c2ccc(F)cc12. The van der Waals surface area contributed by atoms with Crippen molar-refractivity contribution < 1.29 is 14.2 Å². The number of nitrogens with zero attached hydrogens (tertiary/aromatic N) is 1.